The predicted octanol–water partition coefficient (Wildman–Crippen LogP) is 16.1. The maximum Gasteiger partial charge on any atom is 0.140 e. The molecular weight excluding hydrogens is 751 g/mol. The van der Waals surface area contributed by atoms with E-state index in [1.807, 2.05) is 6.08 Å². The van der Waals surface area contributed by atoms with Crippen LogP contribution in [0.15, 0.2) is 213 Å². The Labute approximate surface area is 360 Å². The van der Waals surface area contributed by atoms with Gasteiger partial charge in [-0.25, -0.2) is 0 Å². The molecule has 0 atom stereocenters. The van der Waals surface area contributed by atoms with Crippen molar-refractivity contribution in [2.75, 3.05) is 0 Å². The van der Waals surface area contributed by atoms with Crippen molar-refractivity contribution in [1.29, 1.82) is 0 Å². The summed E-state index contributed by atoms with van der Waals surface area (Å²) in [4.78, 5) is 0. The third-order valence-electron chi connectivity index (χ3n) is 13.2. The van der Waals surface area contributed by atoms with E-state index in [1.54, 1.807) is 0 Å². The monoisotopic (exact) mass is 791 g/mol. The summed E-state index contributed by atoms with van der Waals surface area (Å²) < 4.78 is 9.87. The van der Waals surface area contributed by atoms with Gasteiger partial charge in [0.05, 0.1) is 16.6 Å². The van der Waals surface area contributed by atoms with Gasteiger partial charge in [-0.2, -0.15) is 0 Å². The number of rotatable bonds is 6. The lowest BCUT2D eigenvalue weighted by atomic mass is 9.61. The van der Waals surface area contributed by atoms with Gasteiger partial charge >= 0.3 is 0 Å². The maximum absolute atomic E-state index is 7.54. The van der Waals surface area contributed by atoms with Crippen molar-refractivity contribution in [3.05, 3.63) is 246 Å². The number of hydrogen-bond donors (Lipinski definition) is 0. The average molecular weight is 792 g/mol. The molecule has 0 unspecified atom stereocenters. The summed E-state index contributed by atoms with van der Waals surface area (Å²) in [7, 11) is 0. The number of ether oxygens (including phenoxy) is 1. The molecule has 0 amide bonds. The van der Waals surface area contributed by atoms with E-state index in [2.05, 4.69) is 230 Å². The van der Waals surface area contributed by atoms with Crippen LogP contribution in [0.2, 0.25) is 0 Å². The molecule has 11 aromatic rings. The summed E-state index contributed by atoms with van der Waals surface area (Å²) in [5.74, 6) is 1.81. The number of para-hydroxylation sites is 1. The van der Waals surface area contributed by atoms with Gasteiger partial charge in [0.25, 0.3) is 0 Å². The summed E-state index contributed by atoms with van der Waals surface area (Å²) in [6.45, 7) is 6.40. The highest BCUT2D eigenvalue weighted by Crippen LogP contribution is 2.62. The fourth-order valence-corrected chi connectivity index (χ4v) is 10.8. The molecule has 1 aliphatic heterocycles. The Morgan fingerprint density at radius 3 is 1.47 bits per heavy atom. The molecule has 0 spiro atoms. The Kier molecular flexibility index (Phi) is 8.17. The minimum atomic E-state index is -0.787. The minimum Gasteiger partial charge on any atom is -0.455 e. The molecule has 0 saturated heterocycles. The topological polar surface area (TPSA) is 14.2 Å². The van der Waals surface area contributed by atoms with Crippen LogP contribution >= 0.6 is 0 Å². The van der Waals surface area contributed by atoms with Crippen molar-refractivity contribution in [3.8, 4) is 28.3 Å². The van der Waals surface area contributed by atoms with Crippen molar-refractivity contribution < 1.29 is 4.74 Å². The van der Waals surface area contributed by atoms with Crippen molar-refractivity contribution >= 4 is 66.1 Å². The highest BCUT2D eigenvalue weighted by Gasteiger charge is 2.49. The number of fused-ring (bicyclic) bond motifs is 13. The fraction of sp³-hybridized carbons (Fsp3) is 0.0333. The Balaban J connectivity index is 1.22. The van der Waals surface area contributed by atoms with Crippen LogP contribution in [0, 0.1) is 0 Å². The second-order valence-corrected chi connectivity index (χ2v) is 16.3. The van der Waals surface area contributed by atoms with Crippen LogP contribution in [-0.2, 0) is 5.41 Å². The number of allylic oxidation sites excluding steroid dienone is 1. The number of benzene rings is 10. The largest absolute Gasteiger partial charge is 0.455 e. The zero-order chi connectivity index (χ0) is 41.4. The Bertz CT molecular complexity index is 3490. The normalized spacial score (nSPS) is 13.2. The van der Waals surface area contributed by atoms with E-state index in [0.717, 1.165) is 61.4 Å². The van der Waals surface area contributed by atoms with E-state index >= 15 is 0 Å². The quantitative estimate of drug-likeness (QED) is 0.153. The van der Waals surface area contributed by atoms with E-state index in [9.17, 15) is 0 Å². The second kappa shape index (κ2) is 14.1. The van der Waals surface area contributed by atoms with Gasteiger partial charge in [0.15, 0.2) is 0 Å². The first-order valence-electron chi connectivity index (χ1n) is 21.4. The molecule has 10 aromatic carbocycles. The molecule has 2 heteroatoms. The van der Waals surface area contributed by atoms with Crippen LogP contribution in [-0.4, -0.2) is 4.57 Å². The first-order chi connectivity index (χ1) is 30.7. The highest BCUT2D eigenvalue weighted by atomic mass is 16.5. The van der Waals surface area contributed by atoms with Crippen molar-refractivity contribution in [2.24, 2.45) is 0 Å². The predicted molar refractivity (Wildman–Crippen MR) is 262 cm³/mol. The maximum atomic E-state index is 7.54. The van der Waals surface area contributed by atoms with E-state index in [4.69, 9.17) is 4.74 Å². The molecule has 1 aromatic heterocycles. The molecule has 0 fully saturated rings. The zero-order valence-electron chi connectivity index (χ0n) is 34.3. The molecule has 0 radical (unpaired) electrons. The van der Waals surface area contributed by atoms with Gasteiger partial charge < -0.3 is 9.30 Å². The third kappa shape index (κ3) is 4.98. The van der Waals surface area contributed by atoms with Crippen LogP contribution in [0.5, 0.6) is 11.5 Å². The molecule has 62 heavy (non-hydrogen) atoms. The number of aromatic nitrogens is 1. The average Bonchev–Trinajstić information content (AvgIpc) is 3.67. The fourth-order valence-electron chi connectivity index (χ4n) is 10.8. The van der Waals surface area contributed by atoms with Crippen LogP contribution in [0.25, 0.3) is 83.0 Å². The summed E-state index contributed by atoms with van der Waals surface area (Å²) in [5, 5.41) is 10.5. The van der Waals surface area contributed by atoms with Crippen LogP contribution in [0.4, 0.5) is 0 Å². The summed E-state index contributed by atoms with van der Waals surface area (Å²) >= 11 is 0. The van der Waals surface area contributed by atoms with Gasteiger partial charge in [0.1, 0.15) is 11.5 Å². The first-order valence-corrected chi connectivity index (χ1v) is 21.4. The summed E-state index contributed by atoms with van der Waals surface area (Å²) in [6, 6.07) is 73.1. The molecule has 1 aliphatic rings. The van der Waals surface area contributed by atoms with Crippen LogP contribution in [0.1, 0.15) is 40.4 Å². The Morgan fingerprint density at radius 1 is 0.468 bits per heavy atom. The Morgan fingerprint density at radius 2 is 0.935 bits per heavy atom. The molecule has 0 N–H and O–H groups in total. The lowest BCUT2D eigenvalue weighted by molar-refractivity contribution is 0.449. The highest BCUT2D eigenvalue weighted by molar-refractivity contribution is 6.18. The van der Waals surface area contributed by atoms with Gasteiger partial charge in [0, 0.05) is 38.5 Å². The van der Waals surface area contributed by atoms with E-state index in [0.29, 0.717) is 0 Å². The molecule has 2 nitrogen and oxygen atoms in total. The van der Waals surface area contributed by atoms with Gasteiger partial charge in [-0.1, -0.05) is 201 Å². The van der Waals surface area contributed by atoms with Crippen LogP contribution < -0.4 is 4.74 Å². The second-order valence-electron chi connectivity index (χ2n) is 16.3. The van der Waals surface area contributed by atoms with Gasteiger partial charge in [0.2, 0.25) is 0 Å². The van der Waals surface area contributed by atoms with E-state index in [-0.39, 0.29) is 0 Å². The van der Waals surface area contributed by atoms with Crippen molar-refractivity contribution in [2.45, 2.75) is 12.3 Å². The van der Waals surface area contributed by atoms with Crippen LogP contribution in [0.3, 0.4) is 0 Å². The lowest BCUT2D eigenvalue weighted by Crippen LogP contribution is -2.35. The molecule has 292 valence electrons. The third-order valence-corrected chi connectivity index (χ3v) is 13.2. The van der Waals surface area contributed by atoms with Gasteiger partial charge in [-0.3, -0.25) is 0 Å². The van der Waals surface area contributed by atoms with Gasteiger partial charge in [-0.15, -0.1) is 0 Å². The molecule has 0 aliphatic carbocycles. The lowest BCUT2D eigenvalue weighted by Gasteiger charge is -2.44. The van der Waals surface area contributed by atoms with Crippen molar-refractivity contribution in [1.82, 2.24) is 4.57 Å². The molecule has 0 saturated carbocycles. The Hall–Kier alpha value is -7.94. The molecular formula is C60H41NO. The SMILES string of the molecule is C=Cc1c(/C=C\C)c2c(-c3ccc(C4(c5ccccc5)c5c(c6ccccc6c6ccccc56)Oc5c4c4ccccc4c4ccccc54)cc3)cccc2n1-c1ccccc1. The van der Waals surface area contributed by atoms with E-state index in [1.165, 1.54) is 54.4 Å². The zero-order valence-corrected chi connectivity index (χ0v) is 34.3. The number of nitrogens with zero attached hydrogens (tertiary/aromatic N) is 1. The van der Waals surface area contributed by atoms with Crippen molar-refractivity contribution in [3.63, 3.8) is 0 Å². The molecule has 2 heterocycles. The van der Waals surface area contributed by atoms with E-state index < -0.39 is 5.41 Å². The number of hydrogen-bond acceptors (Lipinski definition) is 1. The first kappa shape index (κ1) is 36.0. The summed E-state index contributed by atoms with van der Waals surface area (Å²) in [6.07, 6.45) is 6.34. The minimum absolute atomic E-state index is 0.787. The molecule has 0 bridgehead atoms. The summed E-state index contributed by atoms with van der Waals surface area (Å²) in [5.41, 5.74) is 10.7. The smallest absolute Gasteiger partial charge is 0.140 e. The standard InChI is InChI=1S/C60H41NO/c1-3-20-52-53(4-2)61(42-23-9-6-10-24-42)54-34-19-33-43(55(52)54)39-35-37-41(38-36-39)60(40-21-7-5-8-22-40)56-48-29-15-11-25-44(48)46-27-13-17-31-50(46)58(56)62-59-51-32-18-14-28-47(51)45-26-12-16-30-49(45)57(59)60/h3-38H,2H2,1H3/b20-3-. The van der Waals surface area contributed by atoms with Gasteiger partial charge in [-0.05, 0) is 85.8 Å². The molecule has 12 rings (SSSR count).